The highest BCUT2D eigenvalue weighted by atomic mass is 16.5. The number of carbonyl (C=O) groups is 2. The van der Waals surface area contributed by atoms with E-state index >= 15 is 0 Å². The molecule has 0 aliphatic carbocycles. The minimum Gasteiger partial charge on any atom is -0.496 e. The molecule has 0 aromatic heterocycles. The Morgan fingerprint density at radius 3 is 1.88 bits per heavy atom. The Balaban J connectivity index is 2.08. The molecular formula is C19H20O6. The van der Waals surface area contributed by atoms with E-state index < -0.39 is 11.9 Å². The van der Waals surface area contributed by atoms with Gasteiger partial charge in [-0.3, -0.25) is 0 Å². The van der Waals surface area contributed by atoms with Gasteiger partial charge < -0.3 is 18.9 Å². The third kappa shape index (κ3) is 4.29. The average molecular weight is 344 g/mol. The first-order chi connectivity index (χ1) is 12.0. The van der Waals surface area contributed by atoms with Crippen LogP contribution in [-0.4, -0.2) is 33.3 Å². The zero-order valence-corrected chi connectivity index (χ0v) is 14.6. The zero-order valence-electron chi connectivity index (χ0n) is 14.6. The van der Waals surface area contributed by atoms with Crippen molar-refractivity contribution in [2.45, 2.75) is 13.5 Å². The van der Waals surface area contributed by atoms with Gasteiger partial charge in [0.1, 0.15) is 18.1 Å². The summed E-state index contributed by atoms with van der Waals surface area (Å²) >= 11 is 0. The predicted molar refractivity (Wildman–Crippen MR) is 91.2 cm³/mol. The second kappa shape index (κ2) is 8.19. The Bertz CT molecular complexity index is 739. The van der Waals surface area contributed by atoms with Crippen LogP contribution in [0.5, 0.6) is 11.5 Å². The van der Waals surface area contributed by atoms with Gasteiger partial charge in [-0.25, -0.2) is 9.59 Å². The second-order valence-electron chi connectivity index (χ2n) is 5.27. The molecule has 0 atom stereocenters. The van der Waals surface area contributed by atoms with E-state index in [0.29, 0.717) is 22.6 Å². The molecule has 0 fully saturated rings. The molecule has 0 spiro atoms. The summed E-state index contributed by atoms with van der Waals surface area (Å²) in [5.74, 6) is 0.193. The highest BCUT2D eigenvalue weighted by Crippen LogP contribution is 2.29. The van der Waals surface area contributed by atoms with Crippen LogP contribution in [0.3, 0.4) is 0 Å². The number of carbonyl (C=O) groups excluding carboxylic acids is 2. The molecule has 0 heterocycles. The first kappa shape index (κ1) is 18.3. The fraction of sp³-hybridized carbons (Fsp3) is 0.263. The summed E-state index contributed by atoms with van der Waals surface area (Å²) in [6.07, 6.45) is 0. The van der Waals surface area contributed by atoms with Crippen LogP contribution in [0, 0.1) is 6.92 Å². The summed E-state index contributed by atoms with van der Waals surface area (Å²) in [5.41, 5.74) is 2.34. The van der Waals surface area contributed by atoms with Crippen molar-refractivity contribution in [1.29, 1.82) is 0 Å². The number of benzene rings is 2. The van der Waals surface area contributed by atoms with Crippen LogP contribution in [0.25, 0.3) is 0 Å². The average Bonchev–Trinajstić information content (AvgIpc) is 2.66. The fourth-order valence-corrected chi connectivity index (χ4v) is 2.29. The number of methoxy groups -OCH3 is 3. The number of hydrogen-bond donors (Lipinski definition) is 0. The van der Waals surface area contributed by atoms with Crippen LogP contribution in [0.15, 0.2) is 36.4 Å². The molecule has 0 saturated carbocycles. The maximum absolute atomic E-state index is 12.3. The van der Waals surface area contributed by atoms with E-state index in [0.717, 1.165) is 11.1 Å². The van der Waals surface area contributed by atoms with Crippen LogP contribution in [0.2, 0.25) is 0 Å². The molecule has 0 aliphatic heterocycles. The van der Waals surface area contributed by atoms with Crippen molar-refractivity contribution in [3.8, 4) is 11.5 Å². The largest absolute Gasteiger partial charge is 0.496 e. The van der Waals surface area contributed by atoms with Gasteiger partial charge in [-0.2, -0.15) is 0 Å². The zero-order chi connectivity index (χ0) is 18.4. The van der Waals surface area contributed by atoms with Crippen LogP contribution < -0.4 is 9.47 Å². The number of hydrogen-bond acceptors (Lipinski definition) is 6. The summed E-state index contributed by atoms with van der Waals surface area (Å²) in [5, 5.41) is 0. The molecule has 6 nitrogen and oxygen atoms in total. The Labute approximate surface area is 146 Å². The standard InChI is InChI=1S/C19H20O6/c1-12-16(22-2)9-15(10-17(12)23-3)19(21)25-11-13-5-7-14(8-6-13)18(20)24-4/h5-10H,11H2,1-4H3. The molecule has 0 unspecified atom stereocenters. The highest BCUT2D eigenvalue weighted by molar-refractivity contribution is 5.91. The van der Waals surface area contributed by atoms with Gasteiger partial charge in [-0.15, -0.1) is 0 Å². The van der Waals surface area contributed by atoms with Gasteiger partial charge in [-0.05, 0) is 36.8 Å². The summed E-state index contributed by atoms with van der Waals surface area (Å²) in [4.78, 5) is 23.7. The molecule has 0 aliphatic rings. The van der Waals surface area contributed by atoms with Crippen molar-refractivity contribution in [3.63, 3.8) is 0 Å². The molecule has 2 aromatic rings. The lowest BCUT2D eigenvalue weighted by molar-refractivity contribution is 0.0470. The molecule has 0 saturated heterocycles. The summed E-state index contributed by atoms with van der Waals surface area (Å²) in [7, 11) is 4.38. The van der Waals surface area contributed by atoms with E-state index in [9.17, 15) is 9.59 Å². The monoisotopic (exact) mass is 344 g/mol. The maximum Gasteiger partial charge on any atom is 0.338 e. The highest BCUT2D eigenvalue weighted by Gasteiger charge is 2.15. The van der Waals surface area contributed by atoms with Crippen molar-refractivity contribution in [1.82, 2.24) is 0 Å². The smallest absolute Gasteiger partial charge is 0.338 e. The van der Waals surface area contributed by atoms with E-state index in [4.69, 9.17) is 14.2 Å². The molecule has 0 bridgehead atoms. The molecule has 2 rings (SSSR count). The third-order valence-electron chi connectivity index (χ3n) is 3.73. The normalized spacial score (nSPS) is 10.1. The molecule has 132 valence electrons. The van der Waals surface area contributed by atoms with E-state index in [1.807, 2.05) is 6.92 Å². The van der Waals surface area contributed by atoms with Crippen LogP contribution in [0.4, 0.5) is 0 Å². The van der Waals surface area contributed by atoms with Gasteiger partial charge in [0.25, 0.3) is 0 Å². The molecule has 0 amide bonds. The van der Waals surface area contributed by atoms with Gasteiger partial charge in [0.2, 0.25) is 0 Å². The number of rotatable bonds is 6. The van der Waals surface area contributed by atoms with Crippen molar-refractivity contribution in [2.24, 2.45) is 0 Å². The van der Waals surface area contributed by atoms with Crippen molar-refractivity contribution < 1.29 is 28.5 Å². The minimum absolute atomic E-state index is 0.0821. The van der Waals surface area contributed by atoms with E-state index in [1.165, 1.54) is 21.3 Å². The third-order valence-corrected chi connectivity index (χ3v) is 3.73. The Morgan fingerprint density at radius 2 is 1.40 bits per heavy atom. The Morgan fingerprint density at radius 1 is 0.840 bits per heavy atom. The lowest BCUT2D eigenvalue weighted by Gasteiger charge is -2.12. The van der Waals surface area contributed by atoms with Crippen molar-refractivity contribution >= 4 is 11.9 Å². The van der Waals surface area contributed by atoms with E-state index in [2.05, 4.69) is 4.74 Å². The van der Waals surface area contributed by atoms with Crippen LogP contribution in [0.1, 0.15) is 31.8 Å². The lowest BCUT2D eigenvalue weighted by atomic mass is 10.1. The maximum atomic E-state index is 12.3. The van der Waals surface area contributed by atoms with Gasteiger partial charge in [0.05, 0.1) is 32.5 Å². The minimum atomic E-state index is -0.492. The first-order valence-corrected chi connectivity index (χ1v) is 7.57. The predicted octanol–water partition coefficient (Wildman–Crippen LogP) is 3.16. The van der Waals surface area contributed by atoms with Crippen molar-refractivity contribution in [2.75, 3.05) is 21.3 Å². The quantitative estimate of drug-likeness (QED) is 0.750. The van der Waals surface area contributed by atoms with Gasteiger partial charge in [-0.1, -0.05) is 12.1 Å². The molecular weight excluding hydrogens is 324 g/mol. The number of esters is 2. The second-order valence-corrected chi connectivity index (χ2v) is 5.27. The Hall–Kier alpha value is -3.02. The van der Waals surface area contributed by atoms with Crippen LogP contribution in [-0.2, 0) is 16.1 Å². The van der Waals surface area contributed by atoms with Crippen LogP contribution >= 0.6 is 0 Å². The van der Waals surface area contributed by atoms with Gasteiger partial charge >= 0.3 is 11.9 Å². The molecule has 0 N–H and O–H groups in total. The molecule has 6 heteroatoms. The fourth-order valence-electron chi connectivity index (χ4n) is 2.29. The molecule has 2 aromatic carbocycles. The topological polar surface area (TPSA) is 71.1 Å². The van der Waals surface area contributed by atoms with Gasteiger partial charge in [0, 0.05) is 5.56 Å². The summed E-state index contributed by atoms with van der Waals surface area (Å²) in [6, 6.07) is 9.87. The van der Waals surface area contributed by atoms with E-state index in [1.54, 1.807) is 36.4 Å². The van der Waals surface area contributed by atoms with Crippen molar-refractivity contribution in [3.05, 3.63) is 58.7 Å². The summed E-state index contributed by atoms with van der Waals surface area (Å²) < 4.78 is 20.5. The molecule has 0 radical (unpaired) electrons. The van der Waals surface area contributed by atoms with Gasteiger partial charge in [0.15, 0.2) is 0 Å². The number of ether oxygens (including phenoxy) is 4. The SMILES string of the molecule is COC(=O)c1ccc(COC(=O)c2cc(OC)c(C)c(OC)c2)cc1. The Kier molecular flexibility index (Phi) is 6.00. The van der Waals surface area contributed by atoms with E-state index in [-0.39, 0.29) is 6.61 Å². The summed E-state index contributed by atoms with van der Waals surface area (Å²) in [6.45, 7) is 1.93. The first-order valence-electron chi connectivity index (χ1n) is 7.57. The lowest BCUT2D eigenvalue weighted by Crippen LogP contribution is -2.07. The molecule has 25 heavy (non-hydrogen) atoms.